The van der Waals surface area contributed by atoms with Crippen LogP contribution < -0.4 is 21.1 Å². The molecular weight excluding hydrogens is 428 g/mol. The summed E-state index contributed by atoms with van der Waals surface area (Å²) in [6, 6.07) is 15.3. The van der Waals surface area contributed by atoms with Crippen LogP contribution >= 0.6 is 0 Å². The van der Waals surface area contributed by atoms with Crippen LogP contribution in [-0.4, -0.2) is 45.9 Å². The average Bonchev–Trinajstić information content (AvgIpc) is 3.12. The first-order valence-corrected chi connectivity index (χ1v) is 12.0. The molecule has 1 aliphatic rings. The molecule has 0 aliphatic heterocycles. The van der Waals surface area contributed by atoms with Gasteiger partial charge in [0.25, 0.3) is 0 Å². The lowest BCUT2D eigenvalue weighted by Gasteiger charge is -2.26. The number of anilines is 2. The van der Waals surface area contributed by atoms with Gasteiger partial charge in [0.15, 0.2) is 5.82 Å². The summed E-state index contributed by atoms with van der Waals surface area (Å²) in [7, 11) is 1.72. The fraction of sp³-hybridized carbons (Fsp3) is 0.385. The average molecular weight is 461 g/mol. The second-order valence-corrected chi connectivity index (χ2v) is 8.89. The minimum Gasteiger partial charge on any atom is -0.496 e. The van der Waals surface area contributed by atoms with Crippen LogP contribution in [0, 0.1) is 0 Å². The van der Waals surface area contributed by atoms with Gasteiger partial charge in [-0.2, -0.15) is 4.98 Å². The van der Waals surface area contributed by atoms with Crippen LogP contribution in [0.4, 0.5) is 11.8 Å². The zero-order valence-corrected chi connectivity index (χ0v) is 19.6. The third kappa shape index (κ3) is 4.38. The van der Waals surface area contributed by atoms with E-state index >= 15 is 0 Å². The molecule has 2 heterocycles. The van der Waals surface area contributed by atoms with Crippen molar-refractivity contribution in [3.05, 3.63) is 53.6 Å². The molecule has 2 aromatic heterocycles. The highest BCUT2D eigenvalue weighted by Gasteiger charge is 2.19. The molecule has 0 atom stereocenters. The number of hydrogen-bond acceptors (Lipinski definition) is 7. The topological polar surface area (TPSA) is 110 Å². The Labute approximate surface area is 199 Å². The lowest BCUT2D eigenvalue weighted by Crippen LogP contribution is -2.34. The Kier molecular flexibility index (Phi) is 6.51. The maximum absolute atomic E-state index is 9.22. The molecule has 0 spiro atoms. The van der Waals surface area contributed by atoms with Crippen LogP contribution in [0.2, 0.25) is 0 Å². The molecule has 34 heavy (non-hydrogen) atoms. The monoisotopic (exact) mass is 460 g/mol. The van der Waals surface area contributed by atoms with Crippen molar-refractivity contribution in [3.63, 3.8) is 0 Å². The molecule has 1 saturated carbocycles. The number of aliphatic hydroxyl groups excluding tert-OH is 1. The lowest BCUT2D eigenvalue weighted by atomic mass is 9.93. The number of nitrogen functional groups attached to an aromatic ring is 1. The maximum Gasteiger partial charge on any atom is 0.222 e. The van der Waals surface area contributed by atoms with Gasteiger partial charge in [-0.1, -0.05) is 36.8 Å². The highest BCUT2D eigenvalue weighted by atomic mass is 16.5. The predicted octanol–water partition coefficient (Wildman–Crippen LogP) is 3.66. The van der Waals surface area contributed by atoms with Gasteiger partial charge in [-0.25, -0.2) is 4.98 Å². The lowest BCUT2D eigenvalue weighted by molar-refractivity contribution is 0.292. The van der Waals surface area contributed by atoms with E-state index in [2.05, 4.69) is 55.5 Å². The Balaban J connectivity index is 1.54. The van der Waals surface area contributed by atoms with E-state index in [-0.39, 0.29) is 12.6 Å². The normalized spacial score (nSPS) is 13.9. The smallest absolute Gasteiger partial charge is 0.222 e. The summed E-state index contributed by atoms with van der Waals surface area (Å²) in [5.41, 5.74) is 11.1. The molecule has 0 unspecified atom stereocenters. The highest BCUT2D eigenvalue weighted by molar-refractivity contribution is 6.09. The molecule has 8 nitrogen and oxygen atoms in total. The number of aliphatic hydroxyl groups is 1. The fourth-order valence-corrected chi connectivity index (χ4v) is 4.59. The molecule has 178 valence electrons. The molecule has 0 saturated heterocycles. The summed E-state index contributed by atoms with van der Waals surface area (Å²) < 4.78 is 8.02. The van der Waals surface area contributed by atoms with E-state index in [1.54, 1.807) is 7.11 Å². The number of fused-ring (bicyclic) bond motifs is 3. The number of para-hydroxylation sites is 1. The predicted molar refractivity (Wildman–Crippen MR) is 136 cm³/mol. The molecular formula is C26H32N6O2. The van der Waals surface area contributed by atoms with Gasteiger partial charge < -0.3 is 30.8 Å². The van der Waals surface area contributed by atoms with E-state index in [4.69, 9.17) is 10.5 Å². The molecule has 0 amide bonds. The van der Waals surface area contributed by atoms with Crippen molar-refractivity contribution in [2.75, 3.05) is 31.3 Å². The van der Waals surface area contributed by atoms with Crippen molar-refractivity contribution in [2.24, 2.45) is 0 Å². The van der Waals surface area contributed by atoms with E-state index in [1.807, 2.05) is 12.1 Å². The number of ether oxygens (including phenoxy) is 1. The van der Waals surface area contributed by atoms with E-state index in [0.29, 0.717) is 31.4 Å². The van der Waals surface area contributed by atoms with Crippen molar-refractivity contribution in [2.45, 2.75) is 44.8 Å². The first-order valence-electron chi connectivity index (χ1n) is 12.0. The fourth-order valence-electron chi connectivity index (χ4n) is 4.59. The molecule has 0 bridgehead atoms. The van der Waals surface area contributed by atoms with Gasteiger partial charge in [-0.05, 0) is 37.0 Å². The summed E-state index contributed by atoms with van der Waals surface area (Å²) in [6.07, 6.45) is 4.48. The van der Waals surface area contributed by atoms with Crippen molar-refractivity contribution in [1.82, 2.24) is 19.9 Å². The summed E-state index contributed by atoms with van der Waals surface area (Å²) >= 11 is 0. The molecule has 0 radical (unpaired) electrons. The summed E-state index contributed by atoms with van der Waals surface area (Å²) in [5, 5.41) is 17.2. The van der Waals surface area contributed by atoms with Crippen molar-refractivity contribution < 1.29 is 9.84 Å². The van der Waals surface area contributed by atoms with Crippen LogP contribution in [0.15, 0.2) is 42.5 Å². The van der Waals surface area contributed by atoms with E-state index in [9.17, 15) is 5.11 Å². The zero-order chi connectivity index (χ0) is 23.5. The Morgan fingerprint density at radius 3 is 2.79 bits per heavy atom. The Bertz CT molecular complexity index is 1300. The zero-order valence-electron chi connectivity index (χ0n) is 19.6. The summed E-state index contributed by atoms with van der Waals surface area (Å²) in [5.74, 6) is 1.76. The van der Waals surface area contributed by atoms with Gasteiger partial charge in [0.05, 0.1) is 19.2 Å². The number of nitrogens with one attached hydrogen (secondary N) is 2. The van der Waals surface area contributed by atoms with Gasteiger partial charge in [-0.15, -0.1) is 0 Å². The van der Waals surface area contributed by atoms with Gasteiger partial charge in [0.1, 0.15) is 16.8 Å². The maximum atomic E-state index is 9.22. The number of nitrogens with zero attached hydrogens (tertiary/aromatic N) is 3. The summed E-state index contributed by atoms with van der Waals surface area (Å²) in [4.78, 5) is 9.08. The Morgan fingerprint density at radius 2 is 2.03 bits per heavy atom. The van der Waals surface area contributed by atoms with Crippen LogP contribution in [0.3, 0.4) is 0 Å². The summed E-state index contributed by atoms with van der Waals surface area (Å²) in [6.45, 7) is 2.16. The molecule has 8 heteroatoms. The number of hydrogen-bond donors (Lipinski definition) is 4. The third-order valence-electron chi connectivity index (χ3n) is 6.63. The van der Waals surface area contributed by atoms with Crippen molar-refractivity contribution >= 4 is 33.7 Å². The Hall–Kier alpha value is -3.36. The molecule has 1 fully saturated rings. The van der Waals surface area contributed by atoms with Crippen LogP contribution in [0.25, 0.3) is 21.9 Å². The van der Waals surface area contributed by atoms with E-state index in [0.717, 1.165) is 39.8 Å². The molecule has 1 aliphatic carbocycles. The van der Waals surface area contributed by atoms with Crippen molar-refractivity contribution in [1.29, 1.82) is 0 Å². The number of benzene rings is 2. The van der Waals surface area contributed by atoms with E-state index < -0.39 is 0 Å². The third-order valence-corrected chi connectivity index (χ3v) is 6.63. The van der Waals surface area contributed by atoms with Crippen LogP contribution in [0.5, 0.6) is 5.75 Å². The largest absolute Gasteiger partial charge is 0.496 e. The number of aromatic nitrogens is 3. The molecule has 4 aromatic rings. The SMILES string of the molecule is COc1cc(CNC2CCC2)ccc1Cn1c2ccccc2c2nc(N)nc(NCCCO)c21. The van der Waals surface area contributed by atoms with Crippen LogP contribution in [0.1, 0.15) is 36.8 Å². The minimum absolute atomic E-state index is 0.110. The van der Waals surface area contributed by atoms with Gasteiger partial charge >= 0.3 is 0 Å². The number of nitrogens with two attached hydrogens (primary N) is 1. The van der Waals surface area contributed by atoms with E-state index in [1.165, 1.54) is 24.8 Å². The quantitative estimate of drug-likeness (QED) is 0.267. The first-order chi connectivity index (χ1) is 16.7. The molecule has 5 N–H and O–H groups in total. The van der Waals surface area contributed by atoms with Crippen molar-refractivity contribution in [3.8, 4) is 5.75 Å². The van der Waals surface area contributed by atoms with Crippen LogP contribution in [-0.2, 0) is 13.1 Å². The number of methoxy groups -OCH3 is 1. The highest BCUT2D eigenvalue weighted by Crippen LogP contribution is 2.34. The second-order valence-electron chi connectivity index (χ2n) is 8.89. The second kappa shape index (κ2) is 9.87. The van der Waals surface area contributed by atoms with Gasteiger partial charge in [-0.3, -0.25) is 0 Å². The Morgan fingerprint density at radius 1 is 1.18 bits per heavy atom. The van der Waals surface area contributed by atoms with Gasteiger partial charge in [0, 0.05) is 36.7 Å². The van der Waals surface area contributed by atoms with Gasteiger partial charge in [0.2, 0.25) is 5.95 Å². The first kappa shape index (κ1) is 22.4. The molecule has 2 aromatic carbocycles. The number of rotatable bonds is 10. The minimum atomic E-state index is 0.110. The standard InChI is InChI=1S/C26H32N6O2/c1-34-22-14-17(15-29-19-6-4-7-19)10-11-18(22)16-32-21-9-3-2-8-20(21)23-24(32)25(28-12-5-13-33)31-26(27)30-23/h2-3,8-11,14,19,29,33H,4-7,12-13,15-16H2,1H3,(H3,27,28,30,31). The molecule has 5 rings (SSSR count).